The first-order valence-corrected chi connectivity index (χ1v) is 7.76. The molecule has 0 amide bonds. The molecule has 1 fully saturated rings. The van der Waals surface area contributed by atoms with Gasteiger partial charge in [-0.3, -0.25) is 0 Å². The zero-order chi connectivity index (χ0) is 13.0. The van der Waals surface area contributed by atoms with Gasteiger partial charge in [-0.05, 0) is 55.4 Å². The SMILES string of the molecule is N#CC1(c2cn3c4c(cc(Br)cc24)CCC3)CCC1. The summed E-state index contributed by atoms with van der Waals surface area (Å²) < 4.78 is 3.51. The molecule has 3 heteroatoms. The molecule has 0 bridgehead atoms. The van der Waals surface area contributed by atoms with E-state index < -0.39 is 0 Å². The molecular weight excluding hydrogens is 300 g/mol. The van der Waals surface area contributed by atoms with Crippen molar-refractivity contribution in [3.05, 3.63) is 33.9 Å². The summed E-state index contributed by atoms with van der Waals surface area (Å²) in [7, 11) is 0. The highest BCUT2D eigenvalue weighted by Crippen LogP contribution is 2.47. The van der Waals surface area contributed by atoms with Gasteiger partial charge in [-0.15, -0.1) is 0 Å². The van der Waals surface area contributed by atoms with Gasteiger partial charge in [-0.1, -0.05) is 15.9 Å². The van der Waals surface area contributed by atoms with E-state index in [0.717, 1.165) is 30.3 Å². The summed E-state index contributed by atoms with van der Waals surface area (Å²) >= 11 is 3.63. The average Bonchev–Trinajstić information content (AvgIpc) is 2.70. The van der Waals surface area contributed by atoms with Gasteiger partial charge in [0, 0.05) is 22.6 Å². The summed E-state index contributed by atoms with van der Waals surface area (Å²) in [6.45, 7) is 1.09. The highest BCUT2D eigenvalue weighted by molar-refractivity contribution is 9.10. The molecule has 1 saturated carbocycles. The van der Waals surface area contributed by atoms with Crippen molar-refractivity contribution in [2.24, 2.45) is 0 Å². The van der Waals surface area contributed by atoms with E-state index in [1.165, 1.54) is 34.9 Å². The normalized spacial score (nSPS) is 20.0. The minimum atomic E-state index is -0.216. The molecule has 19 heavy (non-hydrogen) atoms. The number of benzene rings is 1. The van der Waals surface area contributed by atoms with E-state index in [1.807, 2.05) is 0 Å². The van der Waals surface area contributed by atoms with Crippen LogP contribution < -0.4 is 0 Å². The van der Waals surface area contributed by atoms with Crippen molar-refractivity contribution in [3.8, 4) is 6.07 Å². The molecule has 2 nitrogen and oxygen atoms in total. The largest absolute Gasteiger partial charge is 0.347 e. The predicted octanol–water partition coefficient (Wildman–Crippen LogP) is 4.30. The maximum Gasteiger partial charge on any atom is 0.0843 e. The van der Waals surface area contributed by atoms with Crippen molar-refractivity contribution in [2.75, 3.05) is 0 Å². The van der Waals surface area contributed by atoms with Crippen LogP contribution in [0.5, 0.6) is 0 Å². The highest BCUT2D eigenvalue weighted by atomic mass is 79.9. The molecule has 2 aliphatic rings. The number of nitriles is 1. The molecular formula is C16H15BrN2. The van der Waals surface area contributed by atoms with Gasteiger partial charge in [0.2, 0.25) is 0 Å². The minimum absolute atomic E-state index is 0.216. The monoisotopic (exact) mass is 314 g/mol. The molecule has 1 aromatic carbocycles. The van der Waals surface area contributed by atoms with Crippen LogP contribution in [0, 0.1) is 11.3 Å². The van der Waals surface area contributed by atoms with Crippen molar-refractivity contribution in [2.45, 2.75) is 44.1 Å². The van der Waals surface area contributed by atoms with Crippen LogP contribution in [0.25, 0.3) is 10.9 Å². The van der Waals surface area contributed by atoms with Crippen molar-refractivity contribution >= 4 is 26.8 Å². The lowest BCUT2D eigenvalue weighted by atomic mass is 9.65. The molecule has 1 aliphatic heterocycles. The molecule has 0 unspecified atom stereocenters. The minimum Gasteiger partial charge on any atom is -0.347 e. The van der Waals surface area contributed by atoms with Crippen molar-refractivity contribution in [1.29, 1.82) is 5.26 Å². The van der Waals surface area contributed by atoms with Gasteiger partial charge in [0.05, 0.1) is 17.0 Å². The van der Waals surface area contributed by atoms with Crippen LogP contribution in [0.15, 0.2) is 22.8 Å². The second kappa shape index (κ2) is 3.86. The zero-order valence-electron chi connectivity index (χ0n) is 10.7. The van der Waals surface area contributed by atoms with E-state index in [-0.39, 0.29) is 5.41 Å². The van der Waals surface area contributed by atoms with E-state index >= 15 is 0 Å². The topological polar surface area (TPSA) is 28.7 Å². The lowest BCUT2D eigenvalue weighted by Crippen LogP contribution is -2.32. The fraction of sp³-hybridized carbons (Fsp3) is 0.438. The molecule has 0 N–H and O–H groups in total. The molecule has 0 radical (unpaired) electrons. The molecule has 1 aromatic heterocycles. The Kier molecular flexibility index (Phi) is 2.35. The third-order valence-electron chi connectivity index (χ3n) is 4.80. The van der Waals surface area contributed by atoms with Crippen LogP contribution in [0.4, 0.5) is 0 Å². The van der Waals surface area contributed by atoms with Crippen LogP contribution in [-0.2, 0) is 18.4 Å². The number of hydrogen-bond acceptors (Lipinski definition) is 1. The van der Waals surface area contributed by atoms with Crippen molar-refractivity contribution in [3.63, 3.8) is 0 Å². The molecule has 0 atom stereocenters. The summed E-state index contributed by atoms with van der Waals surface area (Å²) in [5.74, 6) is 0. The fourth-order valence-corrected chi connectivity index (χ4v) is 4.16. The summed E-state index contributed by atoms with van der Waals surface area (Å²) in [4.78, 5) is 0. The maximum absolute atomic E-state index is 9.61. The van der Waals surface area contributed by atoms with Crippen LogP contribution >= 0.6 is 15.9 Å². The van der Waals surface area contributed by atoms with Crippen molar-refractivity contribution < 1.29 is 0 Å². The van der Waals surface area contributed by atoms with E-state index in [9.17, 15) is 5.26 Å². The Hall–Kier alpha value is -1.27. The standard InChI is InChI=1S/C16H15BrN2/c17-12-7-11-3-1-6-19-9-14(13(8-12)15(11)19)16(10-18)4-2-5-16/h7-9H,1-6H2. The Morgan fingerprint density at radius 3 is 2.79 bits per heavy atom. The van der Waals surface area contributed by atoms with Crippen LogP contribution in [0.1, 0.15) is 36.8 Å². The number of halogens is 1. The molecule has 0 spiro atoms. The number of aryl methyl sites for hydroxylation is 2. The molecule has 2 heterocycles. The number of rotatable bonds is 1. The third-order valence-corrected chi connectivity index (χ3v) is 5.26. The van der Waals surface area contributed by atoms with Crippen LogP contribution in [-0.4, -0.2) is 4.57 Å². The maximum atomic E-state index is 9.61. The van der Waals surface area contributed by atoms with E-state index in [4.69, 9.17) is 0 Å². The van der Waals surface area contributed by atoms with Crippen LogP contribution in [0.3, 0.4) is 0 Å². The zero-order valence-corrected chi connectivity index (χ0v) is 12.3. The van der Waals surface area contributed by atoms with E-state index in [2.05, 4.69) is 44.9 Å². The summed E-state index contributed by atoms with van der Waals surface area (Å²) in [6, 6.07) is 7.03. The Bertz CT molecular complexity index is 716. The number of aromatic nitrogens is 1. The van der Waals surface area contributed by atoms with Gasteiger partial charge in [0.1, 0.15) is 0 Å². The highest BCUT2D eigenvalue weighted by Gasteiger charge is 2.41. The van der Waals surface area contributed by atoms with Crippen LogP contribution in [0.2, 0.25) is 0 Å². The first-order valence-electron chi connectivity index (χ1n) is 6.96. The van der Waals surface area contributed by atoms with Gasteiger partial charge in [-0.25, -0.2) is 0 Å². The van der Waals surface area contributed by atoms with E-state index in [0.29, 0.717) is 0 Å². The van der Waals surface area contributed by atoms with Gasteiger partial charge in [-0.2, -0.15) is 5.26 Å². The molecule has 96 valence electrons. The molecule has 1 aliphatic carbocycles. The molecule has 0 saturated heterocycles. The van der Waals surface area contributed by atoms with E-state index in [1.54, 1.807) is 0 Å². The Labute approximate surface area is 121 Å². The van der Waals surface area contributed by atoms with Gasteiger partial charge in [0.15, 0.2) is 0 Å². The lowest BCUT2D eigenvalue weighted by molar-refractivity contribution is 0.326. The lowest BCUT2D eigenvalue weighted by Gasteiger charge is -2.35. The Balaban J connectivity index is 2.06. The summed E-state index contributed by atoms with van der Waals surface area (Å²) in [6.07, 6.45) is 7.82. The summed E-state index contributed by atoms with van der Waals surface area (Å²) in [5, 5.41) is 10.9. The predicted molar refractivity (Wildman–Crippen MR) is 79.1 cm³/mol. The second-order valence-corrected chi connectivity index (χ2v) is 6.76. The number of nitrogens with zero attached hydrogens (tertiary/aromatic N) is 2. The first-order chi connectivity index (χ1) is 9.23. The summed E-state index contributed by atoms with van der Waals surface area (Å²) in [5.41, 5.74) is 3.84. The molecule has 2 aromatic rings. The van der Waals surface area contributed by atoms with Crippen molar-refractivity contribution in [1.82, 2.24) is 4.57 Å². The molecule has 4 rings (SSSR count). The third kappa shape index (κ3) is 1.47. The number of hydrogen-bond donors (Lipinski definition) is 0. The Morgan fingerprint density at radius 1 is 1.26 bits per heavy atom. The first kappa shape index (κ1) is 11.5. The fourth-order valence-electron chi connectivity index (χ4n) is 3.65. The smallest absolute Gasteiger partial charge is 0.0843 e. The Morgan fingerprint density at radius 2 is 2.11 bits per heavy atom. The van der Waals surface area contributed by atoms with Gasteiger partial charge < -0.3 is 4.57 Å². The second-order valence-electron chi connectivity index (χ2n) is 5.85. The average molecular weight is 315 g/mol. The van der Waals surface area contributed by atoms with Gasteiger partial charge in [0.25, 0.3) is 0 Å². The quantitative estimate of drug-likeness (QED) is 0.771. The van der Waals surface area contributed by atoms with Gasteiger partial charge >= 0.3 is 0 Å².